The topological polar surface area (TPSA) is 79.1 Å². The molecule has 1 aliphatic heterocycles. The van der Waals surface area contributed by atoms with Gasteiger partial charge in [-0.25, -0.2) is 0 Å². The molecule has 0 atom stereocenters. The van der Waals surface area contributed by atoms with Gasteiger partial charge >= 0.3 is 0 Å². The van der Waals surface area contributed by atoms with Gasteiger partial charge in [0.15, 0.2) is 5.96 Å². The molecule has 2 aromatic rings. The molecule has 0 saturated carbocycles. The van der Waals surface area contributed by atoms with E-state index in [0.29, 0.717) is 26.2 Å². The first-order valence-electron chi connectivity index (χ1n) is 10.8. The molecule has 162 valence electrons. The van der Waals surface area contributed by atoms with Gasteiger partial charge in [-0.1, -0.05) is 18.2 Å². The standard InChI is InChI=1S/C23H32N4O3/c1-2-24-23(26-14-7-16-29-18-20-9-6-17-30-20)25-13-5-11-22(28)27-15-12-19-8-3-4-10-21(19)27/h3-4,6,8-10,17H,2,5,7,11-16,18H2,1H3,(H2,24,25,26). The van der Waals surface area contributed by atoms with Gasteiger partial charge in [-0.05, 0) is 49.9 Å². The van der Waals surface area contributed by atoms with Crippen molar-refractivity contribution in [3.63, 3.8) is 0 Å². The van der Waals surface area contributed by atoms with Gasteiger partial charge in [0.2, 0.25) is 5.91 Å². The van der Waals surface area contributed by atoms with Crippen LogP contribution in [0.2, 0.25) is 0 Å². The van der Waals surface area contributed by atoms with Crippen LogP contribution in [0, 0.1) is 0 Å². The van der Waals surface area contributed by atoms with E-state index in [2.05, 4.69) is 21.7 Å². The largest absolute Gasteiger partial charge is 0.467 e. The molecule has 7 heteroatoms. The predicted molar refractivity (Wildman–Crippen MR) is 119 cm³/mol. The Labute approximate surface area is 178 Å². The lowest BCUT2D eigenvalue weighted by atomic mass is 10.2. The quantitative estimate of drug-likeness (QED) is 0.337. The number of aliphatic imine (C=N–C) groups is 1. The van der Waals surface area contributed by atoms with E-state index in [4.69, 9.17) is 9.15 Å². The summed E-state index contributed by atoms with van der Waals surface area (Å²) >= 11 is 0. The van der Waals surface area contributed by atoms with Crippen LogP contribution in [0.3, 0.4) is 0 Å². The van der Waals surface area contributed by atoms with E-state index >= 15 is 0 Å². The second-order valence-electron chi connectivity index (χ2n) is 7.20. The number of hydrogen-bond donors (Lipinski definition) is 2. The van der Waals surface area contributed by atoms with Crippen LogP contribution in [-0.2, 0) is 22.6 Å². The van der Waals surface area contributed by atoms with Crippen molar-refractivity contribution in [2.75, 3.05) is 37.7 Å². The summed E-state index contributed by atoms with van der Waals surface area (Å²) in [7, 11) is 0. The van der Waals surface area contributed by atoms with Crippen molar-refractivity contribution in [1.82, 2.24) is 10.6 Å². The van der Waals surface area contributed by atoms with E-state index in [1.807, 2.05) is 42.2 Å². The summed E-state index contributed by atoms with van der Waals surface area (Å²) in [4.78, 5) is 19.1. The van der Waals surface area contributed by atoms with E-state index in [9.17, 15) is 4.79 Å². The summed E-state index contributed by atoms with van der Waals surface area (Å²) in [6, 6.07) is 11.9. The number of benzene rings is 1. The summed E-state index contributed by atoms with van der Waals surface area (Å²) in [5.41, 5.74) is 2.32. The Kier molecular flexibility index (Phi) is 8.78. The van der Waals surface area contributed by atoms with Crippen molar-refractivity contribution in [3.8, 4) is 0 Å². The van der Waals surface area contributed by atoms with E-state index in [0.717, 1.165) is 56.3 Å². The highest BCUT2D eigenvalue weighted by atomic mass is 16.5. The van der Waals surface area contributed by atoms with E-state index in [1.54, 1.807) is 6.26 Å². The summed E-state index contributed by atoms with van der Waals surface area (Å²) in [5, 5.41) is 6.55. The molecule has 3 rings (SSSR count). The fourth-order valence-corrected chi connectivity index (χ4v) is 3.44. The van der Waals surface area contributed by atoms with Crippen LogP contribution in [0.4, 0.5) is 5.69 Å². The van der Waals surface area contributed by atoms with Crippen molar-refractivity contribution < 1.29 is 13.9 Å². The second kappa shape index (κ2) is 12.0. The molecule has 0 unspecified atom stereocenters. The molecule has 1 amide bonds. The van der Waals surface area contributed by atoms with Gasteiger partial charge in [-0.15, -0.1) is 0 Å². The van der Waals surface area contributed by atoms with Gasteiger partial charge in [-0.2, -0.15) is 0 Å². The van der Waals surface area contributed by atoms with E-state index in [-0.39, 0.29) is 5.91 Å². The monoisotopic (exact) mass is 412 g/mol. The Bertz CT molecular complexity index is 805. The smallest absolute Gasteiger partial charge is 0.227 e. The molecule has 30 heavy (non-hydrogen) atoms. The van der Waals surface area contributed by atoms with E-state index in [1.165, 1.54) is 5.56 Å². The lowest BCUT2D eigenvalue weighted by molar-refractivity contribution is -0.118. The van der Waals surface area contributed by atoms with Crippen molar-refractivity contribution in [3.05, 3.63) is 54.0 Å². The number of rotatable bonds is 11. The maximum atomic E-state index is 12.6. The van der Waals surface area contributed by atoms with Crippen LogP contribution < -0.4 is 15.5 Å². The Morgan fingerprint density at radius 2 is 2.10 bits per heavy atom. The van der Waals surface area contributed by atoms with Crippen LogP contribution in [-0.4, -0.2) is 44.7 Å². The van der Waals surface area contributed by atoms with Gasteiger partial charge in [0, 0.05) is 44.9 Å². The Balaban J connectivity index is 1.32. The van der Waals surface area contributed by atoms with Gasteiger partial charge in [0.25, 0.3) is 0 Å². The number of furan rings is 1. The Morgan fingerprint density at radius 1 is 1.20 bits per heavy atom. The minimum Gasteiger partial charge on any atom is -0.467 e. The molecule has 0 saturated heterocycles. The van der Waals surface area contributed by atoms with Crippen LogP contribution in [0.25, 0.3) is 0 Å². The molecule has 0 radical (unpaired) electrons. The average molecular weight is 413 g/mol. The molecular weight excluding hydrogens is 380 g/mol. The molecule has 0 spiro atoms. The molecule has 2 N–H and O–H groups in total. The first-order chi connectivity index (χ1) is 14.8. The highest BCUT2D eigenvalue weighted by Crippen LogP contribution is 2.27. The number of guanidine groups is 1. The maximum absolute atomic E-state index is 12.6. The highest BCUT2D eigenvalue weighted by molar-refractivity contribution is 5.95. The number of amides is 1. The van der Waals surface area contributed by atoms with Crippen molar-refractivity contribution in [2.45, 2.75) is 39.2 Å². The predicted octanol–water partition coefficient (Wildman–Crippen LogP) is 3.11. The van der Waals surface area contributed by atoms with Crippen molar-refractivity contribution in [2.24, 2.45) is 4.99 Å². The number of para-hydroxylation sites is 1. The number of carbonyl (C=O) groups excluding carboxylic acids is 1. The minimum absolute atomic E-state index is 0.182. The summed E-state index contributed by atoms with van der Waals surface area (Å²) < 4.78 is 10.8. The Hall–Kier alpha value is -2.80. The van der Waals surface area contributed by atoms with Crippen LogP contribution >= 0.6 is 0 Å². The fraction of sp³-hybridized carbons (Fsp3) is 0.478. The zero-order chi connectivity index (χ0) is 21.0. The molecule has 1 aliphatic rings. The number of ether oxygens (including phenoxy) is 1. The lowest BCUT2D eigenvalue weighted by Crippen LogP contribution is -2.38. The van der Waals surface area contributed by atoms with Crippen LogP contribution in [0.5, 0.6) is 0 Å². The third-order valence-corrected chi connectivity index (χ3v) is 4.93. The van der Waals surface area contributed by atoms with Crippen LogP contribution in [0.1, 0.15) is 37.5 Å². The number of hydrogen-bond acceptors (Lipinski definition) is 4. The third kappa shape index (κ3) is 6.62. The molecule has 0 fully saturated rings. The number of fused-ring (bicyclic) bond motifs is 1. The third-order valence-electron chi connectivity index (χ3n) is 4.93. The number of nitrogens with zero attached hydrogens (tertiary/aromatic N) is 2. The Morgan fingerprint density at radius 3 is 2.93 bits per heavy atom. The second-order valence-corrected chi connectivity index (χ2v) is 7.20. The van der Waals surface area contributed by atoms with Crippen molar-refractivity contribution >= 4 is 17.6 Å². The summed E-state index contributed by atoms with van der Waals surface area (Å²) in [6.45, 7) is 6.16. The zero-order valence-electron chi connectivity index (χ0n) is 17.7. The number of carbonyl (C=O) groups is 1. The summed E-state index contributed by atoms with van der Waals surface area (Å²) in [6.07, 6.45) is 4.72. The highest BCUT2D eigenvalue weighted by Gasteiger charge is 2.23. The van der Waals surface area contributed by atoms with Gasteiger partial charge in [0.1, 0.15) is 12.4 Å². The van der Waals surface area contributed by atoms with Gasteiger partial charge < -0.3 is 24.7 Å². The average Bonchev–Trinajstić information content (AvgIpc) is 3.43. The zero-order valence-corrected chi connectivity index (χ0v) is 17.7. The maximum Gasteiger partial charge on any atom is 0.227 e. The van der Waals surface area contributed by atoms with E-state index < -0.39 is 0 Å². The molecule has 0 bridgehead atoms. The molecule has 1 aromatic heterocycles. The van der Waals surface area contributed by atoms with Crippen molar-refractivity contribution in [1.29, 1.82) is 0 Å². The minimum atomic E-state index is 0.182. The first-order valence-corrected chi connectivity index (χ1v) is 10.8. The summed E-state index contributed by atoms with van der Waals surface area (Å²) in [5.74, 6) is 1.80. The molecule has 0 aliphatic carbocycles. The molecular formula is C23H32N4O3. The van der Waals surface area contributed by atoms with Gasteiger partial charge in [-0.3, -0.25) is 9.79 Å². The SMILES string of the molecule is CCNC(=NCCCC(=O)N1CCc2ccccc21)NCCCOCc1ccco1. The molecule has 2 heterocycles. The fourth-order valence-electron chi connectivity index (χ4n) is 3.44. The molecule has 7 nitrogen and oxygen atoms in total. The normalized spacial score (nSPS) is 13.4. The molecule has 1 aromatic carbocycles. The van der Waals surface area contributed by atoms with Crippen LogP contribution in [0.15, 0.2) is 52.1 Å². The first kappa shape index (κ1) is 21.9. The van der Waals surface area contributed by atoms with Gasteiger partial charge in [0.05, 0.1) is 6.26 Å². The number of nitrogens with one attached hydrogen (secondary N) is 2. The lowest BCUT2D eigenvalue weighted by Gasteiger charge is -2.17. The number of anilines is 1.